The Labute approximate surface area is 182 Å². The Balaban J connectivity index is 1.44. The van der Waals surface area contributed by atoms with E-state index in [1.165, 1.54) is 16.7 Å². The lowest BCUT2D eigenvalue weighted by molar-refractivity contribution is -0.123. The molecule has 0 unspecified atom stereocenters. The average Bonchev–Trinajstić information content (AvgIpc) is 3.33. The van der Waals surface area contributed by atoms with Gasteiger partial charge in [-0.05, 0) is 73.6 Å². The van der Waals surface area contributed by atoms with Gasteiger partial charge in [0, 0.05) is 25.0 Å². The molecule has 0 aliphatic carbocycles. The zero-order valence-corrected chi connectivity index (χ0v) is 18.4. The predicted octanol–water partition coefficient (Wildman–Crippen LogP) is 5.23. The number of carbonyl (C=O) groups is 3. The fourth-order valence-electron chi connectivity index (χ4n) is 3.32. The number of hydrogen-bond acceptors (Lipinski definition) is 7. The van der Waals surface area contributed by atoms with Gasteiger partial charge in [-0.2, -0.15) is 0 Å². The van der Waals surface area contributed by atoms with Crippen LogP contribution in [0.3, 0.4) is 0 Å². The number of nitrogens with zero attached hydrogens (tertiary/aromatic N) is 2. The molecule has 8 heteroatoms. The van der Waals surface area contributed by atoms with Crippen LogP contribution in [0.4, 0.5) is 10.5 Å². The second-order valence-electron chi connectivity index (χ2n) is 7.43. The highest BCUT2D eigenvalue weighted by Crippen LogP contribution is 2.36. The van der Waals surface area contributed by atoms with E-state index in [-0.39, 0.29) is 23.0 Å². The number of ketones is 1. The summed E-state index contributed by atoms with van der Waals surface area (Å²) in [5.41, 5.74) is 3.02. The van der Waals surface area contributed by atoms with Crippen molar-refractivity contribution in [2.24, 2.45) is 4.99 Å². The summed E-state index contributed by atoms with van der Waals surface area (Å²) in [6.45, 7) is 5.21. The lowest BCUT2D eigenvalue weighted by Crippen LogP contribution is -2.34. The predicted molar refractivity (Wildman–Crippen MR) is 119 cm³/mol. The lowest BCUT2D eigenvalue weighted by atomic mass is 10.0. The molecule has 1 aromatic heterocycles. The van der Waals surface area contributed by atoms with Crippen LogP contribution < -0.4 is 0 Å². The maximum absolute atomic E-state index is 12.4. The standard InChI is InChI=1S/C22H20N2O4S2/c1-12(2)24-21(26)18(29-22(24)27)11-16-5-7-20(28-16)30-19-10-15-9-14(8-13(3)25)4-6-17(15)23-19/h4-7,9,11-12H,8,10H2,1-3H3/b18-11-. The molecule has 0 N–H and O–H groups in total. The summed E-state index contributed by atoms with van der Waals surface area (Å²) >= 11 is 2.36. The first-order valence-electron chi connectivity index (χ1n) is 9.53. The van der Waals surface area contributed by atoms with E-state index in [0.29, 0.717) is 28.6 Å². The minimum atomic E-state index is -0.289. The highest BCUT2D eigenvalue weighted by Gasteiger charge is 2.36. The minimum absolute atomic E-state index is 0.137. The van der Waals surface area contributed by atoms with Gasteiger partial charge >= 0.3 is 0 Å². The van der Waals surface area contributed by atoms with Crippen LogP contribution in [-0.2, 0) is 22.4 Å². The van der Waals surface area contributed by atoms with Gasteiger partial charge in [0.2, 0.25) is 0 Å². The van der Waals surface area contributed by atoms with Gasteiger partial charge in [-0.15, -0.1) is 0 Å². The molecule has 0 atom stereocenters. The summed E-state index contributed by atoms with van der Waals surface area (Å²) in [7, 11) is 0. The first-order chi connectivity index (χ1) is 14.3. The van der Waals surface area contributed by atoms with Crippen LogP contribution in [0, 0.1) is 0 Å². The summed E-state index contributed by atoms with van der Waals surface area (Å²) in [6, 6.07) is 9.34. The van der Waals surface area contributed by atoms with E-state index in [4.69, 9.17) is 4.42 Å². The largest absolute Gasteiger partial charge is 0.450 e. The molecule has 2 amide bonds. The van der Waals surface area contributed by atoms with Crippen molar-refractivity contribution in [2.45, 2.75) is 44.7 Å². The van der Waals surface area contributed by atoms with Crippen LogP contribution in [-0.4, -0.2) is 32.9 Å². The van der Waals surface area contributed by atoms with Gasteiger partial charge in [0.05, 0.1) is 15.6 Å². The zero-order valence-electron chi connectivity index (χ0n) is 16.8. The van der Waals surface area contributed by atoms with Crippen LogP contribution >= 0.6 is 23.5 Å². The Morgan fingerprint density at radius 1 is 1.30 bits per heavy atom. The molecule has 0 saturated carbocycles. The van der Waals surface area contributed by atoms with E-state index in [1.54, 1.807) is 19.1 Å². The van der Waals surface area contributed by atoms with Crippen molar-refractivity contribution < 1.29 is 18.8 Å². The Kier molecular flexibility index (Phi) is 5.71. The molecule has 0 spiro atoms. The van der Waals surface area contributed by atoms with Crippen molar-refractivity contribution in [1.82, 2.24) is 4.90 Å². The molecule has 2 aliphatic rings. The summed E-state index contributed by atoms with van der Waals surface area (Å²) in [5, 5.41) is 1.32. The van der Waals surface area contributed by atoms with E-state index < -0.39 is 0 Å². The minimum Gasteiger partial charge on any atom is -0.450 e. The fraction of sp³-hybridized carbons (Fsp3) is 0.273. The lowest BCUT2D eigenvalue weighted by Gasteiger charge is -2.16. The molecular weight excluding hydrogens is 420 g/mol. The molecule has 2 aromatic rings. The van der Waals surface area contributed by atoms with Crippen LogP contribution in [0.25, 0.3) is 6.08 Å². The fourth-order valence-corrected chi connectivity index (χ4v) is 5.14. The van der Waals surface area contributed by atoms with Crippen LogP contribution in [0.2, 0.25) is 0 Å². The molecule has 3 heterocycles. The molecule has 6 nitrogen and oxygen atoms in total. The highest BCUT2D eigenvalue weighted by molar-refractivity contribution is 8.18. The van der Waals surface area contributed by atoms with Gasteiger partial charge < -0.3 is 4.42 Å². The van der Waals surface area contributed by atoms with Crippen LogP contribution in [0.1, 0.15) is 37.7 Å². The maximum Gasteiger partial charge on any atom is 0.293 e. The number of imide groups is 1. The Morgan fingerprint density at radius 2 is 2.10 bits per heavy atom. The SMILES string of the molecule is CC(=O)Cc1ccc2c(c1)CC(Sc1ccc(/C=C3\SC(=O)N(C(C)C)C3=O)o1)=N2. The maximum atomic E-state index is 12.4. The number of carbonyl (C=O) groups excluding carboxylic acids is 3. The molecule has 0 bridgehead atoms. The smallest absolute Gasteiger partial charge is 0.293 e. The Morgan fingerprint density at radius 3 is 2.80 bits per heavy atom. The van der Waals surface area contributed by atoms with E-state index in [1.807, 2.05) is 38.1 Å². The van der Waals surface area contributed by atoms with Crippen molar-refractivity contribution in [2.75, 3.05) is 0 Å². The van der Waals surface area contributed by atoms with Crippen molar-refractivity contribution in [1.29, 1.82) is 0 Å². The van der Waals surface area contributed by atoms with Gasteiger partial charge in [-0.1, -0.05) is 12.1 Å². The summed E-state index contributed by atoms with van der Waals surface area (Å²) in [6.07, 6.45) is 2.73. The highest BCUT2D eigenvalue weighted by atomic mass is 32.2. The Bertz CT molecular complexity index is 1110. The topological polar surface area (TPSA) is 80.0 Å². The van der Waals surface area contributed by atoms with Gasteiger partial charge in [0.15, 0.2) is 5.09 Å². The van der Waals surface area contributed by atoms with Crippen molar-refractivity contribution in [3.63, 3.8) is 0 Å². The first kappa shape index (κ1) is 20.7. The van der Waals surface area contributed by atoms with Gasteiger partial charge in [0.1, 0.15) is 11.5 Å². The monoisotopic (exact) mass is 440 g/mol. The third-order valence-electron chi connectivity index (χ3n) is 4.62. The van der Waals surface area contributed by atoms with Gasteiger partial charge in [-0.3, -0.25) is 19.3 Å². The quantitative estimate of drug-likeness (QED) is 0.592. The number of amides is 2. The van der Waals surface area contributed by atoms with Crippen LogP contribution in [0.15, 0.2) is 49.7 Å². The second-order valence-corrected chi connectivity index (χ2v) is 9.50. The first-order valence-corrected chi connectivity index (χ1v) is 11.2. The molecule has 1 fully saturated rings. The third kappa shape index (κ3) is 4.29. The molecule has 0 radical (unpaired) electrons. The van der Waals surface area contributed by atoms with E-state index >= 15 is 0 Å². The number of rotatable bonds is 5. The number of aliphatic imine (C=N–C) groups is 1. The van der Waals surface area contributed by atoms with Gasteiger partial charge in [-0.25, -0.2) is 4.99 Å². The average molecular weight is 441 g/mol. The molecule has 4 rings (SSSR count). The number of thioether (sulfide) groups is 2. The molecule has 2 aliphatic heterocycles. The van der Waals surface area contributed by atoms with Crippen molar-refractivity contribution in [3.8, 4) is 0 Å². The summed E-state index contributed by atoms with van der Waals surface area (Å²) in [4.78, 5) is 42.0. The molecule has 1 aromatic carbocycles. The number of furan rings is 1. The second kappa shape index (κ2) is 8.28. The zero-order chi connectivity index (χ0) is 21.4. The molecule has 1 saturated heterocycles. The normalized spacial score (nSPS) is 17.3. The Hall–Kier alpha value is -2.58. The summed E-state index contributed by atoms with van der Waals surface area (Å²) in [5.74, 6) is 0.368. The molecule has 30 heavy (non-hydrogen) atoms. The van der Waals surface area contributed by atoms with Gasteiger partial charge in [0.25, 0.3) is 11.1 Å². The third-order valence-corrected chi connectivity index (χ3v) is 6.39. The number of benzene rings is 1. The van der Waals surface area contributed by atoms with Crippen molar-refractivity contribution >= 4 is 57.3 Å². The number of hydrogen-bond donors (Lipinski definition) is 0. The van der Waals surface area contributed by atoms with E-state index in [2.05, 4.69) is 4.99 Å². The van der Waals surface area contributed by atoms with Crippen molar-refractivity contribution in [3.05, 3.63) is 52.1 Å². The number of fused-ring (bicyclic) bond motifs is 1. The molecule has 154 valence electrons. The van der Waals surface area contributed by atoms with E-state index in [0.717, 1.165) is 33.6 Å². The summed E-state index contributed by atoms with van der Waals surface area (Å²) < 4.78 is 5.83. The molecular formula is C22H20N2O4S2. The number of Topliss-reactive ketones (excluding diaryl/α,β-unsaturated/α-hetero) is 1. The van der Waals surface area contributed by atoms with Crippen LogP contribution in [0.5, 0.6) is 0 Å². The van der Waals surface area contributed by atoms with E-state index in [9.17, 15) is 14.4 Å².